The van der Waals surface area contributed by atoms with Gasteiger partial charge < -0.3 is 0 Å². The predicted molar refractivity (Wildman–Crippen MR) is 84.4 cm³/mol. The zero-order valence-electron chi connectivity index (χ0n) is 13.0. The third kappa shape index (κ3) is 2.47. The van der Waals surface area contributed by atoms with Gasteiger partial charge in [0.15, 0.2) is 0 Å². The molecule has 3 nitrogen and oxygen atoms in total. The molecule has 3 heteroatoms. The van der Waals surface area contributed by atoms with Crippen LogP contribution in [0.2, 0.25) is 0 Å². The lowest BCUT2D eigenvalue weighted by Crippen LogP contribution is -2.39. The number of aryl methyl sites for hydroxylation is 3. The lowest BCUT2D eigenvalue weighted by atomic mass is 10.1. The Morgan fingerprint density at radius 2 is 1.62 bits per heavy atom. The fourth-order valence-corrected chi connectivity index (χ4v) is 2.78. The first-order chi connectivity index (χ1) is 10.1. The van der Waals surface area contributed by atoms with Crippen LogP contribution in [0.4, 0.5) is 0 Å². The van der Waals surface area contributed by atoms with Gasteiger partial charge in [-0.15, -0.1) is 9.36 Å². The Kier molecular flexibility index (Phi) is 3.34. The van der Waals surface area contributed by atoms with Gasteiger partial charge in [0, 0.05) is 0 Å². The Morgan fingerprint density at radius 3 is 2.29 bits per heavy atom. The van der Waals surface area contributed by atoms with Crippen molar-refractivity contribution in [1.29, 1.82) is 0 Å². The second kappa shape index (κ2) is 5.17. The van der Waals surface area contributed by atoms with Crippen LogP contribution in [0.15, 0.2) is 48.8 Å². The summed E-state index contributed by atoms with van der Waals surface area (Å²) in [5, 5.41) is 0. The van der Waals surface area contributed by atoms with Crippen LogP contribution in [0, 0.1) is 20.8 Å². The normalized spacial score (nSPS) is 10.9. The van der Waals surface area contributed by atoms with Gasteiger partial charge in [0.2, 0.25) is 6.33 Å². The molecule has 0 bridgehead atoms. The molecule has 2 aromatic carbocycles. The van der Waals surface area contributed by atoms with Crippen molar-refractivity contribution >= 4 is 0 Å². The summed E-state index contributed by atoms with van der Waals surface area (Å²) in [5.74, 6) is 0.977. The first kappa shape index (κ1) is 13.6. The molecule has 106 valence electrons. The van der Waals surface area contributed by atoms with Gasteiger partial charge in [-0.05, 0) is 60.6 Å². The zero-order valence-corrected chi connectivity index (χ0v) is 13.0. The van der Waals surface area contributed by atoms with Crippen molar-refractivity contribution in [3.63, 3.8) is 0 Å². The maximum absolute atomic E-state index is 4.61. The second-order valence-electron chi connectivity index (χ2n) is 5.60. The molecule has 0 spiro atoms. The van der Waals surface area contributed by atoms with E-state index in [0.29, 0.717) is 0 Å². The summed E-state index contributed by atoms with van der Waals surface area (Å²) >= 11 is 0. The summed E-state index contributed by atoms with van der Waals surface area (Å²) in [7, 11) is 2.05. The van der Waals surface area contributed by atoms with E-state index in [1.807, 2.05) is 13.4 Å². The molecule has 3 aromatic rings. The summed E-state index contributed by atoms with van der Waals surface area (Å²) in [6.07, 6.45) is 1.88. The molecular weight excluding hydrogens is 258 g/mol. The molecular formula is C18H20N3+. The molecule has 1 heterocycles. The maximum Gasteiger partial charge on any atom is 0.350 e. The molecule has 1 aromatic heterocycles. The van der Waals surface area contributed by atoms with Crippen LogP contribution < -0.4 is 4.68 Å². The minimum atomic E-state index is 0.977. The average Bonchev–Trinajstić information content (AvgIpc) is 2.80. The van der Waals surface area contributed by atoms with E-state index < -0.39 is 0 Å². The Labute approximate surface area is 125 Å². The van der Waals surface area contributed by atoms with Crippen LogP contribution in [0.1, 0.15) is 16.7 Å². The highest BCUT2D eigenvalue weighted by molar-refractivity contribution is 5.55. The highest BCUT2D eigenvalue weighted by Crippen LogP contribution is 2.19. The molecule has 0 saturated heterocycles. The highest BCUT2D eigenvalue weighted by Gasteiger charge is 2.19. The SMILES string of the molecule is Cc1cc(C)cc(-c2ncn(-c3ccccc3C)[n+]2C)c1. The van der Waals surface area contributed by atoms with Gasteiger partial charge in [-0.25, -0.2) is 0 Å². The van der Waals surface area contributed by atoms with E-state index in [1.54, 1.807) is 0 Å². The number of benzene rings is 2. The van der Waals surface area contributed by atoms with Crippen LogP contribution in [-0.2, 0) is 7.05 Å². The second-order valence-corrected chi connectivity index (χ2v) is 5.60. The van der Waals surface area contributed by atoms with E-state index in [-0.39, 0.29) is 0 Å². The smallest absolute Gasteiger partial charge is 0.148 e. The molecule has 0 aliphatic heterocycles. The van der Waals surface area contributed by atoms with Crippen molar-refractivity contribution in [2.45, 2.75) is 20.8 Å². The Hall–Kier alpha value is -2.42. The van der Waals surface area contributed by atoms with Crippen molar-refractivity contribution in [1.82, 2.24) is 9.67 Å². The molecule has 3 rings (SSSR count). The summed E-state index contributed by atoms with van der Waals surface area (Å²) < 4.78 is 4.18. The standard InChI is InChI=1S/C18H20N3/c1-13-9-14(2)11-16(10-13)18-19-12-21(20(18)4)17-8-6-5-7-15(17)3/h5-12H,1-4H3/q+1. The zero-order chi connectivity index (χ0) is 15.0. The third-order valence-electron chi connectivity index (χ3n) is 3.76. The Morgan fingerprint density at radius 1 is 0.952 bits per heavy atom. The van der Waals surface area contributed by atoms with Gasteiger partial charge in [0.05, 0.1) is 11.3 Å². The van der Waals surface area contributed by atoms with E-state index in [0.717, 1.165) is 17.1 Å². The number of rotatable bonds is 2. The fraction of sp³-hybridized carbons (Fsp3) is 0.222. The van der Waals surface area contributed by atoms with E-state index in [9.17, 15) is 0 Å². The largest absolute Gasteiger partial charge is 0.350 e. The van der Waals surface area contributed by atoms with E-state index in [2.05, 4.69) is 77.6 Å². The van der Waals surface area contributed by atoms with Crippen LogP contribution in [0.3, 0.4) is 0 Å². The number of hydrogen-bond acceptors (Lipinski definition) is 1. The molecule has 0 radical (unpaired) electrons. The van der Waals surface area contributed by atoms with E-state index in [4.69, 9.17) is 0 Å². The van der Waals surface area contributed by atoms with Crippen LogP contribution >= 0.6 is 0 Å². The average molecular weight is 278 g/mol. The minimum Gasteiger partial charge on any atom is -0.148 e. The van der Waals surface area contributed by atoms with Gasteiger partial charge in [-0.2, -0.15) is 0 Å². The summed E-state index contributed by atoms with van der Waals surface area (Å²) in [5.41, 5.74) is 6.06. The van der Waals surface area contributed by atoms with Crippen molar-refractivity contribution in [3.8, 4) is 17.1 Å². The summed E-state index contributed by atoms with van der Waals surface area (Å²) in [6.45, 7) is 6.36. The molecule has 0 amide bonds. The highest BCUT2D eigenvalue weighted by atomic mass is 15.4. The molecule has 0 atom stereocenters. The maximum atomic E-state index is 4.61. The molecule has 0 fully saturated rings. The summed E-state index contributed by atoms with van der Waals surface area (Å²) in [4.78, 5) is 4.61. The van der Waals surface area contributed by atoms with E-state index >= 15 is 0 Å². The van der Waals surface area contributed by atoms with Gasteiger partial charge in [-0.1, -0.05) is 24.3 Å². The Balaban J connectivity index is 2.14. The molecule has 0 aliphatic rings. The van der Waals surface area contributed by atoms with Gasteiger partial charge in [0.1, 0.15) is 7.05 Å². The number of para-hydroxylation sites is 1. The Bertz CT molecular complexity index is 780. The number of hydrogen-bond donors (Lipinski definition) is 0. The minimum absolute atomic E-state index is 0.977. The monoisotopic (exact) mass is 278 g/mol. The molecule has 0 N–H and O–H groups in total. The molecule has 0 unspecified atom stereocenters. The molecule has 0 aliphatic carbocycles. The number of nitrogens with zero attached hydrogens (tertiary/aromatic N) is 3. The third-order valence-corrected chi connectivity index (χ3v) is 3.76. The first-order valence-corrected chi connectivity index (χ1v) is 7.14. The van der Waals surface area contributed by atoms with Crippen molar-refractivity contribution in [2.75, 3.05) is 0 Å². The van der Waals surface area contributed by atoms with Crippen molar-refractivity contribution in [2.24, 2.45) is 7.05 Å². The summed E-state index contributed by atoms with van der Waals surface area (Å²) in [6, 6.07) is 14.9. The van der Waals surface area contributed by atoms with Crippen molar-refractivity contribution < 1.29 is 4.68 Å². The quantitative estimate of drug-likeness (QED) is 0.659. The lowest BCUT2D eigenvalue weighted by Gasteiger charge is -2.06. The van der Waals surface area contributed by atoms with Crippen molar-refractivity contribution in [3.05, 3.63) is 65.5 Å². The van der Waals surface area contributed by atoms with Crippen LogP contribution in [0.25, 0.3) is 17.1 Å². The predicted octanol–water partition coefficient (Wildman–Crippen LogP) is 3.29. The lowest BCUT2D eigenvalue weighted by molar-refractivity contribution is -0.735. The fourth-order valence-electron chi connectivity index (χ4n) is 2.78. The van der Waals surface area contributed by atoms with Gasteiger partial charge in [-0.3, -0.25) is 0 Å². The first-order valence-electron chi connectivity index (χ1n) is 7.14. The number of aromatic nitrogens is 3. The molecule has 0 saturated carbocycles. The van der Waals surface area contributed by atoms with Gasteiger partial charge in [0.25, 0.3) is 0 Å². The van der Waals surface area contributed by atoms with Crippen LogP contribution in [-0.4, -0.2) is 9.67 Å². The molecule has 21 heavy (non-hydrogen) atoms. The topological polar surface area (TPSA) is 21.7 Å². The van der Waals surface area contributed by atoms with Crippen LogP contribution in [0.5, 0.6) is 0 Å². The van der Waals surface area contributed by atoms with Gasteiger partial charge >= 0.3 is 5.82 Å². The van der Waals surface area contributed by atoms with E-state index in [1.165, 1.54) is 16.7 Å².